The average Bonchev–Trinajstić information content (AvgIpc) is 2.52. The van der Waals surface area contributed by atoms with E-state index in [1.165, 1.54) is 0 Å². The number of nitrogens with one attached hydrogen (secondary N) is 1. The fourth-order valence-corrected chi connectivity index (χ4v) is 3.98. The monoisotopic (exact) mass is 406 g/mol. The number of rotatable bonds is 3. The van der Waals surface area contributed by atoms with Gasteiger partial charge in [0.15, 0.2) is 0 Å². The predicted molar refractivity (Wildman–Crippen MR) is 100 cm³/mol. The molecule has 0 aliphatic carbocycles. The van der Waals surface area contributed by atoms with Crippen molar-refractivity contribution in [3.8, 4) is 0 Å². The standard InChI is InChI=1S/C19H20BrClN2O/c1-4-19(11-12-7-5-6-8-14(12)21)16-13(9-10-15(20)22-16)18(2,3)23-17(19)24/h5-10H,4,11H2,1-3H3,(H,23,24). The number of pyridine rings is 1. The number of fused-ring (bicyclic) bond motifs is 1. The third kappa shape index (κ3) is 2.76. The van der Waals surface area contributed by atoms with Gasteiger partial charge in [-0.25, -0.2) is 4.98 Å². The lowest BCUT2D eigenvalue weighted by atomic mass is 9.68. The van der Waals surface area contributed by atoms with Gasteiger partial charge in [0.25, 0.3) is 0 Å². The number of nitrogens with zero attached hydrogens (tertiary/aromatic N) is 1. The molecule has 0 radical (unpaired) electrons. The van der Waals surface area contributed by atoms with E-state index in [0.717, 1.165) is 21.4 Å². The first-order valence-corrected chi connectivity index (χ1v) is 9.21. The average molecular weight is 408 g/mol. The summed E-state index contributed by atoms with van der Waals surface area (Å²) in [6, 6.07) is 11.7. The molecular formula is C19H20BrClN2O. The number of amides is 1. The topological polar surface area (TPSA) is 42.0 Å². The Morgan fingerprint density at radius 1 is 1.21 bits per heavy atom. The molecule has 0 bridgehead atoms. The molecule has 1 aromatic heterocycles. The summed E-state index contributed by atoms with van der Waals surface area (Å²) in [6.45, 7) is 6.05. The van der Waals surface area contributed by atoms with Crippen LogP contribution in [0.3, 0.4) is 0 Å². The van der Waals surface area contributed by atoms with E-state index in [2.05, 4.69) is 21.2 Å². The zero-order valence-electron chi connectivity index (χ0n) is 14.0. The maximum Gasteiger partial charge on any atom is 0.233 e. The molecule has 1 aromatic carbocycles. The number of hydrogen-bond acceptors (Lipinski definition) is 2. The van der Waals surface area contributed by atoms with Crippen LogP contribution in [0.25, 0.3) is 0 Å². The van der Waals surface area contributed by atoms with Gasteiger partial charge in [0.2, 0.25) is 5.91 Å². The zero-order valence-corrected chi connectivity index (χ0v) is 16.3. The summed E-state index contributed by atoms with van der Waals surface area (Å²) in [6.07, 6.45) is 1.18. The van der Waals surface area contributed by atoms with E-state index >= 15 is 0 Å². The van der Waals surface area contributed by atoms with Gasteiger partial charge < -0.3 is 5.32 Å². The van der Waals surface area contributed by atoms with E-state index in [1.54, 1.807) is 0 Å². The molecule has 1 aliphatic heterocycles. The predicted octanol–water partition coefficient (Wildman–Crippen LogP) is 4.75. The van der Waals surface area contributed by atoms with Gasteiger partial charge >= 0.3 is 0 Å². The highest BCUT2D eigenvalue weighted by Gasteiger charge is 2.49. The summed E-state index contributed by atoms with van der Waals surface area (Å²) in [7, 11) is 0. The van der Waals surface area contributed by atoms with Crippen molar-refractivity contribution in [3.63, 3.8) is 0 Å². The highest BCUT2D eigenvalue weighted by atomic mass is 79.9. The molecule has 0 saturated carbocycles. The molecule has 3 nitrogen and oxygen atoms in total. The molecular weight excluding hydrogens is 388 g/mol. The molecule has 1 unspecified atom stereocenters. The molecule has 3 rings (SSSR count). The Morgan fingerprint density at radius 2 is 1.92 bits per heavy atom. The molecule has 0 saturated heterocycles. The first kappa shape index (κ1) is 17.4. The number of carbonyl (C=O) groups is 1. The quantitative estimate of drug-likeness (QED) is 0.746. The summed E-state index contributed by atoms with van der Waals surface area (Å²) in [5.74, 6) is 0.00743. The molecule has 1 aliphatic rings. The van der Waals surface area contributed by atoms with Crippen LogP contribution in [0.2, 0.25) is 5.02 Å². The number of hydrogen-bond donors (Lipinski definition) is 1. The van der Waals surface area contributed by atoms with Crippen molar-refractivity contribution in [1.82, 2.24) is 10.3 Å². The molecule has 1 amide bonds. The Labute approximate surface area is 156 Å². The third-order valence-electron chi connectivity index (χ3n) is 4.90. The highest BCUT2D eigenvalue weighted by molar-refractivity contribution is 9.10. The van der Waals surface area contributed by atoms with E-state index < -0.39 is 11.0 Å². The Bertz CT molecular complexity index is 806. The molecule has 126 valence electrons. The lowest BCUT2D eigenvalue weighted by Gasteiger charge is -2.44. The lowest BCUT2D eigenvalue weighted by molar-refractivity contribution is -0.130. The van der Waals surface area contributed by atoms with Crippen LogP contribution >= 0.6 is 27.5 Å². The molecule has 2 heterocycles. The summed E-state index contributed by atoms with van der Waals surface area (Å²) in [4.78, 5) is 17.9. The van der Waals surface area contributed by atoms with Crippen LogP contribution in [-0.2, 0) is 22.2 Å². The first-order valence-electron chi connectivity index (χ1n) is 8.04. The third-order valence-corrected chi connectivity index (χ3v) is 5.71. The minimum absolute atomic E-state index is 0.00743. The summed E-state index contributed by atoms with van der Waals surface area (Å²) < 4.78 is 0.740. The number of benzene rings is 1. The second-order valence-corrected chi connectivity index (χ2v) is 8.03. The van der Waals surface area contributed by atoms with Crippen molar-refractivity contribution in [3.05, 3.63) is 62.8 Å². The van der Waals surface area contributed by atoms with Crippen molar-refractivity contribution in [2.24, 2.45) is 0 Å². The molecule has 5 heteroatoms. The van der Waals surface area contributed by atoms with E-state index in [0.29, 0.717) is 17.9 Å². The Hall–Kier alpha value is -1.39. The van der Waals surface area contributed by atoms with Crippen molar-refractivity contribution in [2.45, 2.75) is 44.6 Å². The fraction of sp³-hybridized carbons (Fsp3) is 0.368. The largest absolute Gasteiger partial charge is 0.346 e. The Morgan fingerprint density at radius 3 is 2.58 bits per heavy atom. The highest BCUT2D eigenvalue weighted by Crippen LogP contribution is 2.42. The molecule has 2 aromatic rings. The van der Waals surface area contributed by atoms with E-state index in [1.807, 2.05) is 57.2 Å². The SMILES string of the molecule is CCC1(Cc2ccccc2Cl)C(=O)NC(C)(C)c2ccc(Br)nc21. The van der Waals surface area contributed by atoms with E-state index in [-0.39, 0.29) is 5.91 Å². The van der Waals surface area contributed by atoms with Crippen LogP contribution in [0.15, 0.2) is 41.0 Å². The summed E-state index contributed by atoms with van der Waals surface area (Å²) >= 11 is 9.82. The lowest BCUT2D eigenvalue weighted by Crippen LogP contribution is -2.58. The van der Waals surface area contributed by atoms with Crippen molar-refractivity contribution in [2.75, 3.05) is 0 Å². The number of carbonyl (C=O) groups excluding carboxylic acids is 1. The van der Waals surface area contributed by atoms with Crippen LogP contribution in [-0.4, -0.2) is 10.9 Å². The minimum Gasteiger partial charge on any atom is -0.346 e. The summed E-state index contributed by atoms with van der Waals surface area (Å²) in [5, 5.41) is 3.86. The second-order valence-electron chi connectivity index (χ2n) is 6.81. The smallest absolute Gasteiger partial charge is 0.233 e. The molecule has 1 atom stereocenters. The van der Waals surface area contributed by atoms with Gasteiger partial charge in [-0.15, -0.1) is 0 Å². The van der Waals surface area contributed by atoms with Crippen molar-refractivity contribution in [1.29, 1.82) is 0 Å². The zero-order chi connectivity index (χ0) is 17.5. The molecule has 1 N–H and O–H groups in total. The van der Waals surface area contributed by atoms with Gasteiger partial charge in [0.05, 0.1) is 16.6 Å². The van der Waals surface area contributed by atoms with Crippen LogP contribution in [0.5, 0.6) is 0 Å². The molecule has 0 spiro atoms. The van der Waals surface area contributed by atoms with Gasteiger partial charge in [0, 0.05) is 5.02 Å². The maximum absolute atomic E-state index is 13.1. The van der Waals surface area contributed by atoms with Gasteiger partial charge in [-0.2, -0.15) is 0 Å². The number of aromatic nitrogens is 1. The van der Waals surface area contributed by atoms with Gasteiger partial charge in [-0.1, -0.05) is 42.8 Å². The van der Waals surface area contributed by atoms with Crippen molar-refractivity contribution < 1.29 is 4.79 Å². The Balaban J connectivity index is 2.21. The van der Waals surface area contributed by atoms with Gasteiger partial charge in [-0.05, 0) is 65.9 Å². The summed E-state index contributed by atoms with van der Waals surface area (Å²) in [5.41, 5.74) is 1.69. The minimum atomic E-state index is -0.723. The first-order chi connectivity index (χ1) is 11.3. The maximum atomic E-state index is 13.1. The van der Waals surface area contributed by atoms with Gasteiger partial charge in [-0.3, -0.25) is 4.79 Å². The van der Waals surface area contributed by atoms with Crippen LogP contribution in [0, 0.1) is 0 Å². The number of halogens is 2. The molecule has 24 heavy (non-hydrogen) atoms. The Kier molecular flexibility index (Phi) is 4.47. The fourth-order valence-electron chi connectivity index (χ4n) is 3.47. The van der Waals surface area contributed by atoms with Crippen LogP contribution < -0.4 is 5.32 Å². The van der Waals surface area contributed by atoms with E-state index in [4.69, 9.17) is 16.6 Å². The van der Waals surface area contributed by atoms with Crippen LogP contribution in [0.4, 0.5) is 0 Å². The molecule has 0 fully saturated rings. The normalized spacial score (nSPS) is 22.0. The second kappa shape index (κ2) is 6.16. The van der Waals surface area contributed by atoms with Gasteiger partial charge in [0.1, 0.15) is 4.60 Å². The van der Waals surface area contributed by atoms with Crippen LogP contribution in [0.1, 0.15) is 44.0 Å². The van der Waals surface area contributed by atoms with Crippen molar-refractivity contribution >= 4 is 33.4 Å². The van der Waals surface area contributed by atoms with E-state index in [9.17, 15) is 4.79 Å².